The minimum absolute atomic E-state index is 0.0158. The predicted octanol–water partition coefficient (Wildman–Crippen LogP) is 1.92. The number of hydrogen-bond donors (Lipinski definition) is 3. The van der Waals surface area contributed by atoms with Gasteiger partial charge in [-0.1, -0.05) is 0 Å². The Morgan fingerprint density at radius 2 is 2.12 bits per heavy atom. The summed E-state index contributed by atoms with van der Waals surface area (Å²) >= 11 is 1.44. The van der Waals surface area contributed by atoms with Crippen LogP contribution < -0.4 is 10.6 Å². The van der Waals surface area contributed by atoms with Gasteiger partial charge in [-0.25, -0.2) is 0 Å². The monoisotopic (exact) mass is 358 g/mol. The smallest absolute Gasteiger partial charge is 0.242 e. The number of pyridine rings is 1. The zero-order valence-corrected chi connectivity index (χ0v) is 14.7. The topological polar surface area (TPSA) is 77.5 Å². The van der Waals surface area contributed by atoms with Crippen molar-refractivity contribution < 1.29 is 9.90 Å². The third kappa shape index (κ3) is 3.59. The molecule has 1 unspecified atom stereocenters. The van der Waals surface area contributed by atoms with Gasteiger partial charge >= 0.3 is 0 Å². The Bertz CT molecular complexity index is 724. The number of rotatable bonds is 5. The Kier molecular flexibility index (Phi) is 4.80. The second-order valence-electron chi connectivity index (χ2n) is 6.65. The molecule has 132 valence electrons. The lowest BCUT2D eigenvalue weighted by atomic mass is 9.92. The van der Waals surface area contributed by atoms with Crippen LogP contribution in [0.5, 0.6) is 0 Å². The maximum atomic E-state index is 12.1. The van der Waals surface area contributed by atoms with Gasteiger partial charge in [-0.2, -0.15) is 0 Å². The van der Waals surface area contributed by atoms with Crippen LogP contribution in [0.4, 0.5) is 5.00 Å². The first-order valence-electron chi connectivity index (χ1n) is 8.67. The molecule has 7 heteroatoms. The molecule has 0 spiro atoms. The van der Waals surface area contributed by atoms with E-state index in [2.05, 4.69) is 15.6 Å². The summed E-state index contributed by atoms with van der Waals surface area (Å²) in [6.45, 7) is 2.56. The molecule has 0 aliphatic carbocycles. The minimum Gasteiger partial charge on any atom is -0.373 e. The number of carbonyl (C=O) groups is 1. The van der Waals surface area contributed by atoms with Crippen molar-refractivity contribution in [1.82, 2.24) is 15.2 Å². The lowest BCUT2D eigenvalue weighted by Crippen LogP contribution is -2.46. The number of hydrogen-bond acceptors (Lipinski definition) is 6. The average Bonchev–Trinajstić information content (AvgIpc) is 3.26. The summed E-state index contributed by atoms with van der Waals surface area (Å²) in [5.41, 5.74) is 1.27. The molecule has 2 aromatic heterocycles. The summed E-state index contributed by atoms with van der Waals surface area (Å²) in [7, 11) is 0. The molecule has 2 aromatic rings. The second-order valence-corrected chi connectivity index (χ2v) is 7.76. The first-order chi connectivity index (χ1) is 12.2. The third-order valence-electron chi connectivity index (χ3n) is 4.94. The largest absolute Gasteiger partial charge is 0.373 e. The second kappa shape index (κ2) is 7.21. The number of carbonyl (C=O) groups excluding carboxylic acids is 1. The molecule has 0 saturated carbocycles. The molecular formula is C18H22N4O2S. The van der Waals surface area contributed by atoms with E-state index >= 15 is 0 Å². The Balaban J connectivity index is 1.32. The lowest BCUT2D eigenvalue weighted by Gasteiger charge is -2.42. The van der Waals surface area contributed by atoms with Crippen molar-refractivity contribution in [3.05, 3.63) is 47.1 Å². The van der Waals surface area contributed by atoms with E-state index in [-0.39, 0.29) is 11.9 Å². The molecule has 3 N–H and O–H groups in total. The summed E-state index contributed by atoms with van der Waals surface area (Å²) < 4.78 is 0. The molecule has 0 radical (unpaired) electrons. The molecule has 2 saturated heterocycles. The van der Waals surface area contributed by atoms with E-state index in [1.165, 1.54) is 16.9 Å². The van der Waals surface area contributed by atoms with Gasteiger partial charge < -0.3 is 15.7 Å². The molecule has 2 aliphatic rings. The van der Waals surface area contributed by atoms with Gasteiger partial charge in [0.2, 0.25) is 5.91 Å². The Morgan fingerprint density at radius 3 is 2.84 bits per heavy atom. The molecule has 2 aliphatic heterocycles. The van der Waals surface area contributed by atoms with Crippen molar-refractivity contribution in [2.45, 2.75) is 31.0 Å². The van der Waals surface area contributed by atoms with E-state index in [4.69, 9.17) is 0 Å². The number of aromatic nitrogens is 1. The van der Waals surface area contributed by atoms with Crippen molar-refractivity contribution in [2.24, 2.45) is 0 Å². The highest BCUT2D eigenvalue weighted by molar-refractivity contribution is 7.16. The number of amides is 1. The molecule has 0 bridgehead atoms. The summed E-state index contributed by atoms with van der Waals surface area (Å²) in [5, 5.41) is 17.5. The number of nitrogens with zero attached hydrogens (tertiary/aromatic N) is 2. The maximum absolute atomic E-state index is 12.1. The molecule has 2 fully saturated rings. The molecule has 0 aromatic carbocycles. The predicted molar refractivity (Wildman–Crippen MR) is 97.5 cm³/mol. The standard InChI is InChI=1S/C18H22N4O2S/c23-17(14-2-1-7-20-14)21-16-4-3-15(25-16)18(24)22-10-13(11-22)12-5-8-19-9-6-12/h3-6,8-9,13-14,18,20,24H,1-2,7,10-11H2,(H,21,23)/t14-,18?/m0/s1. The first-order valence-corrected chi connectivity index (χ1v) is 9.48. The van der Waals surface area contributed by atoms with Crippen LogP contribution in [0.25, 0.3) is 0 Å². The highest BCUT2D eigenvalue weighted by Crippen LogP contribution is 2.36. The number of nitrogens with one attached hydrogen (secondary N) is 2. The number of anilines is 1. The average molecular weight is 358 g/mol. The van der Waals surface area contributed by atoms with E-state index in [0.29, 0.717) is 5.92 Å². The zero-order chi connectivity index (χ0) is 17.2. The Morgan fingerprint density at radius 1 is 1.32 bits per heavy atom. The number of aliphatic hydroxyl groups excluding tert-OH is 1. The van der Waals surface area contributed by atoms with Crippen LogP contribution in [0.15, 0.2) is 36.7 Å². The minimum atomic E-state index is -0.613. The van der Waals surface area contributed by atoms with Crippen molar-refractivity contribution in [1.29, 1.82) is 0 Å². The first kappa shape index (κ1) is 16.7. The van der Waals surface area contributed by atoms with Crippen LogP contribution in [0.2, 0.25) is 0 Å². The van der Waals surface area contributed by atoms with Gasteiger partial charge in [0.05, 0.1) is 15.9 Å². The van der Waals surface area contributed by atoms with Gasteiger partial charge in [0, 0.05) is 31.4 Å². The number of aliphatic hydroxyl groups is 1. The van der Waals surface area contributed by atoms with Gasteiger partial charge in [0.25, 0.3) is 0 Å². The molecule has 2 atom stereocenters. The third-order valence-corrected chi connectivity index (χ3v) is 5.98. The molecule has 4 heterocycles. The van der Waals surface area contributed by atoms with Crippen LogP contribution in [-0.4, -0.2) is 46.6 Å². The van der Waals surface area contributed by atoms with Crippen LogP contribution in [0.3, 0.4) is 0 Å². The van der Waals surface area contributed by atoms with E-state index in [1.54, 1.807) is 0 Å². The summed E-state index contributed by atoms with van der Waals surface area (Å²) in [6.07, 6.45) is 4.93. The van der Waals surface area contributed by atoms with Crippen LogP contribution in [0, 0.1) is 0 Å². The Hall–Kier alpha value is -1.80. The normalized spacial score (nSPS) is 22.5. The van der Waals surface area contributed by atoms with E-state index in [0.717, 1.165) is 42.4 Å². The SMILES string of the molecule is O=C(Nc1ccc(C(O)N2CC(c3ccncc3)C2)s1)[C@@H]1CCCN1. The van der Waals surface area contributed by atoms with E-state index in [9.17, 15) is 9.90 Å². The number of likely N-dealkylation sites (tertiary alicyclic amines) is 1. The molecule has 25 heavy (non-hydrogen) atoms. The van der Waals surface area contributed by atoms with Crippen LogP contribution >= 0.6 is 11.3 Å². The van der Waals surface area contributed by atoms with Gasteiger partial charge in [-0.05, 0) is 49.2 Å². The summed E-state index contributed by atoms with van der Waals surface area (Å²) in [6, 6.07) is 7.74. The van der Waals surface area contributed by atoms with Gasteiger partial charge in [-0.3, -0.25) is 14.7 Å². The van der Waals surface area contributed by atoms with Crippen LogP contribution in [0.1, 0.15) is 35.4 Å². The fourth-order valence-electron chi connectivity index (χ4n) is 3.41. The highest BCUT2D eigenvalue weighted by Gasteiger charge is 2.33. The number of thiophene rings is 1. The van der Waals surface area contributed by atoms with Crippen molar-refractivity contribution >= 4 is 22.2 Å². The maximum Gasteiger partial charge on any atom is 0.242 e. The fourth-order valence-corrected chi connectivity index (χ4v) is 4.35. The molecule has 4 rings (SSSR count). The van der Waals surface area contributed by atoms with Crippen molar-refractivity contribution in [3.63, 3.8) is 0 Å². The van der Waals surface area contributed by atoms with Crippen molar-refractivity contribution in [2.75, 3.05) is 25.0 Å². The highest BCUT2D eigenvalue weighted by atomic mass is 32.1. The van der Waals surface area contributed by atoms with Crippen LogP contribution in [-0.2, 0) is 4.79 Å². The Labute approximate surface area is 150 Å². The quantitative estimate of drug-likeness (QED) is 0.761. The fraction of sp³-hybridized carbons (Fsp3) is 0.444. The van der Waals surface area contributed by atoms with Gasteiger partial charge in [0.1, 0.15) is 6.23 Å². The van der Waals surface area contributed by atoms with E-state index < -0.39 is 6.23 Å². The zero-order valence-electron chi connectivity index (χ0n) is 13.9. The molecular weight excluding hydrogens is 336 g/mol. The molecule has 1 amide bonds. The van der Waals surface area contributed by atoms with Gasteiger partial charge in [-0.15, -0.1) is 11.3 Å². The summed E-state index contributed by atoms with van der Waals surface area (Å²) in [5.74, 6) is 0.465. The van der Waals surface area contributed by atoms with E-state index in [1.807, 2.05) is 41.6 Å². The van der Waals surface area contributed by atoms with Gasteiger partial charge in [0.15, 0.2) is 0 Å². The molecule has 6 nitrogen and oxygen atoms in total. The summed E-state index contributed by atoms with van der Waals surface area (Å²) in [4.78, 5) is 19.1. The van der Waals surface area contributed by atoms with Crippen molar-refractivity contribution in [3.8, 4) is 0 Å². The lowest BCUT2D eigenvalue weighted by molar-refractivity contribution is -0.117.